The predicted octanol–water partition coefficient (Wildman–Crippen LogP) is 1.56. The van der Waals surface area contributed by atoms with Gasteiger partial charge in [-0.05, 0) is 32.7 Å². The number of nitrogens with zero attached hydrogens (tertiary/aromatic N) is 4. The number of imide groups is 1. The number of rotatable bonds is 6. The van der Waals surface area contributed by atoms with Gasteiger partial charge in [0.25, 0.3) is 5.91 Å². The number of urea groups is 1. The molecular formula is C17H27N5O3. The number of unbranched alkanes of at least 4 members (excludes halogenated alkanes) is 1. The molecule has 0 saturated carbocycles. The first kappa shape index (κ1) is 17.8. The average molecular weight is 349 g/mol. The summed E-state index contributed by atoms with van der Waals surface area (Å²) in [4.78, 5) is 32.2. The first-order valence-corrected chi connectivity index (χ1v) is 9.08. The molecule has 138 valence electrons. The number of aryl methyl sites for hydroxylation is 1. The van der Waals surface area contributed by atoms with E-state index < -0.39 is 5.54 Å². The molecule has 0 aromatic carbocycles. The fourth-order valence-corrected chi connectivity index (χ4v) is 3.73. The van der Waals surface area contributed by atoms with Gasteiger partial charge in [0.2, 0.25) is 5.89 Å². The lowest BCUT2D eigenvalue weighted by molar-refractivity contribution is -0.132. The molecule has 1 N–H and O–H groups in total. The maximum Gasteiger partial charge on any atom is 0.324 e. The third-order valence-electron chi connectivity index (χ3n) is 5.36. The predicted molar refractivity (Wildman–Crippen MR) is 90.6 cm³/mol. The molecule has 2 aliphatic heterocycles. The van der Waals surface area contributed by atoms with E-state index >= 15 is 0 Å². The maximum absolute atomic E-state index is 12.5. The van der Waals surface area contributed by atoms with Crippen molar-refractivity contribution in [2.24, 2.45) is 5.92 Å². The molecule has 0 radical (unpaired) electrons. The number of likely N-dealkylation sites (N-methyl/N-ethyl adjacent to an activating group) is 1. The number of hydrogen-bond acceptors (Lipinski definition) is 6. The first-order valence-electron chi connectivity index (χ1n) is 9.08. The molecule has 2 saturated heterocycles. The molecule has 2 aliphatic rings. The molecule has 0 spiro atoms. The summed E-state index contributed by atoms with van der Waals surface area (Å²) in [5.74, 6) is 1.31. The number of carbonyl (C=O) groups excluding carboxylic acids is 2. The number of hydrogen-bond donors (Lipinski definition) is 1. The summed E-state index contributed by atoms with van der Waals surface area (Å²) in [6.07, 6.45) is 4.85. The topological polar surface area (TPSA) is 91.6 Å². The van der Waals surface area contributed by atoms with Crippen LogP contribution in [-0.2, 0) is 17.8 Å². The Morgan fingerprint density at radius 1 is 1.40 bits per heavy atom. The van der Waals surface area contributed by atoms with Crippen LogP contribution in [0.15, 0.2) is 4.52 Å². The summed E-state index contributed by atoms with van der Waals surface area (Å²) in [5, 5.41) is 6.94. The highest BCUT2D eigenvalue weighted by Crippen LogP contribution is 2.32. The molecular weight excluding hydrogens is 322 g/mol. The lowest BCUT2D eigenvalue weighted by Crippen LogP contribution is -2.55. The second kappa shape index (κ2) is 7.11. The van der Waals surface area contributed by atoms with Gasteiger partial charge in [-0.3, -0.25) is 14.6 Å². The van der Waals surface area contributed by atoms with Crippen molar-refractivity contribution in [1.82, 2.24) is 25.3 Å². The van der Waals surface area contributed by atoms with Crippen LogP contribution in [0.4, 0.5) is 4.79 Å². The van der Waals surface area contributed by atoms with E-state index in [9.17, 15) is 9.59 Å². The van der Waals surface area contributed by atoms with Crippen molar-refractivity contribution >= 4 is 11.9 Å². The zero-order valence-corrected chi connectivity index (χ0v) is 15.2. The minimum absolute atomic E-state index is 0.0779. The normalized spacial score (nSPS) is 27.8. The number of nitrogens with one attached hydrogen (secondary N) is 1. The minimum Gasteiger partial charge on any atom is -0.339 e. The summed E-state index contributed by atoms with van der Waals surface area (Å²) >= 11 is 0. The van der Waals surface area contributed by atoms with Crippen LogP contribution in [0.25, 0.3) is 0 Å². The van der Waals surface area contributed by atoms with Gasteiger partial charge in [0.1, 0.15) is 5.54 Å². The fourth-order valence-electron chi connectivity index (χ4n) is 3.73. The highest BCUT2D eigenvalue weighted by Gasteiger charge is 2.51. The lowest BCUT2D eigenvalue weighted by atomic mass is 9.80. The minimum atomic E-state index is -0.825. The summed E-state index contributed by atoms with van der Waals surface area (Å²) in [6, 6.07) is -0.316. The smallest absolute Gasteiger partial charge is 0.324 e. The third-order valence-corrected chi connectivity index (χ3v) is 5.36. The van der Waals surface area contributed by atoms with E-state index in [1.54, 1.807) is 0 Å². The molecule has 1 aromatic rings. The van der Waals surface area contributed by atoms with Crippen LogP contribution in [0.5, 0.6) is 0 Å². The van der Waals surface area contributed by atoms with E-state index in [0.29, 0.717) is 18.3 Å². The summed E-state index contributed by atoms with van der Waals surface area (Å²) < 4.78 is 5.29. The van der Waals surface area contributed by atoms with Gasteiger partial charge in [0.15, 0.2) is 5.82 Å². The van der Waals surface area contributed by atoms with Crippen molar-refractivity contribution in [1.29, 1.82) is 0 Å². The zero-order chi connectivity index (χ0) is 18.0. The molecule has 0 bridgehead atoms. The lowest BCUT2D eigenvalue weighted by Gasteiger charge is -2.39. The molecule has 0 aliphatic carbocycles. The van der Waals surface area contributed by atoms with Crippen LogP contribution in [0, 0.1) is 5.92 Å². The Morgan fingerprint density at radius 3 is 2.88 bits per heavy atom. The van der Waals surface area contributed by atoms with E-state index in [4.69, 9.17) is 4.52 Å². The molecule has 2 atom stereocenters. The van der Waals surface area contributed by atoms with Gasteiger partial charge in [-0.2, -0.15) is 4.98 Å². The molecule has 3 heterocycles. The van der Waals surface area contributed by atoms with Gasteiger partial charge in [-0.1, -0.05) is 18.5 Å². The molecule has 1 aromatic heterocycles. The van der Waals surface area contributed by atoms with Crippen molar-refractivity contribution < 1.29 is 14.1 Å². The van der Waals surface area contributed by atoms with Crippen molar-refractivity contribution in [3.63, 3.8) is 0 Å². The highest BCUT2D eigenvalue weighted by atomic mass is 16.5. The van der Waals surface area contributed by atoms with Crippen LogP contribution in [0.3, 0.4) is 0 Å². The Bertz CT molecular complexity index is 646. The van der Waals surface area contributed by atoms with Crippen LogP contribution in [0.2, 0.25) is 0 Å². The van der Waals surface area contributed by atoms with Crippen molar-refractivity contribution in [3.05, 3.63) is 11.7 Å². The molecule has 8 nitrogen and oxygen atoms in total. The Morgan fingerprint density at radius 2 is 2.20 bits per heavy atom. The molecule has 25 heavy (non-hydrogen) atoms. The van der Waals surface area contributed by atoms with E-state index in [1.165, 1.54) is 11.9 Å². The van der Waals surface area contributed by atoms with Gasteiger partial charge >= 0.3 is 6.03 Å². The highest BCUT2D eigenvalue weighted by molar-refractivity contribution is 6.06. The average Bonchev–Trinajstić information content (AvgIpc) is 3.13. The largest absolute Gasteiger partial charge is 0.339 e. The summed E-state index contributed by atoms with van der Waals surface area (Å²) in [7, 11) is 1.53. The number of likely N-dealkylation sites (tertiary alicyclic amines) is 1. The van der Waals surface area contributed by atoms with Gasteiger partial charge in [-0.25, -0.2) is 4.79 Å². The molecule has 2 fully saturated rings. The van der Waals surface area contributed by atoms with E-state index in [2.05, 4.69) is 27.3 Å². The van der Waals surface area contributed by atoms with Gasteiger partial charge in [0, 0.05) is 25.9 Å². The second-order valence-corrected chi connectivity index (χ2v) is 7.28. The van der Waals surface area contributed by atoms with Gasteiger partial charge in [0.05, 0.1) is 6.54 Å². The summed E-state index contributed by atoms with van der Waals surface area (Å²) in [6.45, 7) is 6.24. The van der Waals surface area contributed by atoms with Crippen LogP contribution >= 0.6 is 0 Å². The number of amides is 3. The number of carbonyl (C=O) groups is 2. The van der Waals surface area contributed by atoms with Crippen LogP contribution in [-0.4, -0.2) is 57.6 Å². The number of piperidine rings is 1. The molecule has 3 amide bonds. The standard InChI is InChI=1S/C17H27N5O3/c1-4-5-8-14-18-13(20-25-14)11-22-9-6-7-12(10-22)17(2)15(23)21(3)16(24)19-17/h12H,4-11H2,1-3H3,(H,19,24)/t12-,17+/m1/s1. The zero-order valence-electron chi connectivity index (χ0n) is 15.2. The third kappa shape index (κ3) is 3.53. The monoisotopic (exact) mass is 349 g/mol. The Hall–Kier alpha value is -1.96. The Kier molecular flexibility index (Phi) is 5.08. The molecule has 8 heteroatoms. The molecule has 3 rings (SSSR count). The van der Waals surface area contributed by atoms with Crippen molar-refractivity contribution in [3.8, 4) is 0 Å². The van der Waals surface area contributed by atoms with Crippen molar-refractivity contribution in [2.45, 2.75) is 58.0 Å². The van der Waals surface area contributed by atoms with Crippen molar-refractivity contribution in [2.75, 3.05) is 20.1 Å². The van der Waals surface area contributed by atoms with Gasteiger partial charge < -0.3 is 9.84 Å². The van der Waals surface area contributed by atoms with Crippen LogP contribution in [0.1, 0.15) is 51.2 Å². The quantitative estimate of drug-likeness (QED) is 0.784. The number of aromatic nitrogens is 2. The fraction of sp³-hybridized carbons (Fsp3) is 0.765. The SMILES string of the molecule is CCCCc1nc(CN2CCC[C@@H]([C@]3(C)NC(=O)N(C)C3=O)C2)no1. The Labute approximate surface area is 147 Å². The summed E-state index contributed by atoms with van der Waals surface area (Å²) in [5.41, 5.74) is -0.825. The first-order chi connectivity index (χ1) is 11.9. The van der Waals surface area contributed by atoms with E-state index in [1.807, 2.05) is 6.92 Å². The Balaban J connectivity index is 1.62. The van der Waals surface area contributed by atoms with E-state index in [0.717, 1.165) is 45.2 Å². The second-order valence-electron chi connectivity index (χ2n) is 7.28. The van der Waals surface area contributed by atoms with Gasteiger partial charge in [-0.15, -0.1) is 0 Å². The molecule has 0 unspecified atom stereocenters. The van der Waals surface area contributed by atoms with Crippen LogP contribution < -0.4 is 5.32 Å². The van der Waals surface area contributed by atoms with E-state index in [-0.39, 0.29) is 17.9 Å². The maximum atomic E-state index is 12.5.